The van der Waals surface area contributed by atoms with Crippen molar-refractivity contribution < 1.29 is 9.59 Å². The van der Waals surface area contributed by atoms with Gasteiger partial charge in [0.05, 0.1) is 0 Å². The van der Waals surface area contributed by atoms with Gasteiger partial charge < -0.3 is 10.6 Å². The van der Waals surface area contributed by atoms with Gasteiger partial charge in [-0.3, -0.25) is 9.59 Å². The predicted molar refractivity (Wildman–Crippen MR) is 212 cm³/mol. The van der Waals surface area contributed by atoms with Crippen molar-refractivity contribution in [2.24, 2.45) is 0 Å². The Kier molecular flexibility index (Phi) is 36.1. The molecule has 0 aromatic carbocycles. The van der Waals surface area contributed by atoms with E-state index in [0.717, 1.165) is 89.9 Å². The fourth-order valence-electron chi connectivity index (χ4n) is 4.18. The maximum Gasteiger partial charge on any atom is 0.220 e. The maximum atomic E-state index is 12.0. The molecule has 0 aliphatic carbocycles. The Hall–Kier alpha value is -3.92. The van der Waals surface area contributed by atoms with Crippen molar-refractivity contribution in [3.8, 4) is 0 Å². The smallest absolute Gasteiger partial charge is 0.220 e. The van der Waals surface area contributed by atoms with Gasteiger partial charge in [-0.15, -0.1) is 0 Å². The number of amides is 2. The standard InChI is InChI=1S/C44H66N2O2/c1-3-5-7-9-11-13-15-17-19-21-22-24-26-28-30-32-34-36-38-40-44(48)46-42-41-45-43(47)39-37-35-33-31-29-27-25-23-20-18-16-14-12-10-8-6-4-2/h5-8,11-14,17-20,22,24-25,27-28,30-31,33-34,36H,3-4,9-10,15-16,21,23,26,29,32,35,37-42H2,1-2H3,(H,45,47)(H,46,48). The molecule has 0 aromatic rings. The summed E-state index contributed by atoms with van der Waals surface area (Å²) in [5.41, 5.74) is 0. The van der Waals surface area contributed by atoms with Gasteiger partial charge in [-0.05, 0) is 89.9 Å². The van der Waals surface area contributed by atoms with Crippen LogP contribution in [0.5, 0.6) is 0 Å². The zero-order valence-electron chi connectivity index (χ0n) is 30.2. The minimum Gasteiger partial charge on any atom is -0.354 e. The Morgan fingerprint density at radius 3 is 0.958 bits per heavy atom. The highest BCUT2D eigenvalue weighted by molar-refractivity contribution is 5.77. The zero-order chi connectivity index (χ0) is 34.9. The Balaban J connectivity index is 3.63. The highest BCUT2D eigenvalue weighted by Gasteiger charge is 2.01. The third-order valence-corrected chi connectivity index (χ3v) is 6.84. The van der Waals surface area contributed by atoms with Crippen LogP contribution in [-0.4, -0.2) is 24.9 Å². The van der Waals surface area contributed by atoms with Crippen LogP contribution in [0.25, 0.3) is 0 Å². The first-order valence-corrected chi connectivity index (χ1v) is 18.4. The molecule has 0 fully saturated rings. The van der Waals surface area contributed by atoms with Crippen LogP contribution in [0, 0.1) is 0 Å². The van der Waals surface area contributed by atoms with Crippen LogP contribution in [-0.2, 0) is 9.59 Å². The maximum absolute atomic E-state index is 12.0. The Morgan fingerprint density at radius 2 is 0.625 bits per heavy atom. The third kappa shape index (κ3) is 38.3. The van der Waals surface area contributed by atoms with E-state index in [1.165, 1.54) is 0 Å². The van der Waals surface area contributed by atoms with E-state index in [2.05, 4.69) is 158 Å². The van der Waals surface area contributed by atoms with Crippen LogP contribution < -0.4 is 10.6 Å². The number of rotatable bonds is 30. The highest BCUT2D eigenvalue weighted by Crippen LogP contribution is 2.00. The molecule has 0 bridgehead atoms. The van der Waals surface area contributed by atoms with E-state index in [0.29, 0.717) is 25.9 Å². The molecule has 4 nitrogen and oxygen atoms in total. The van der Waals surface area contributed by atoms with Gasteiger partial charge in [-0.2, -0.15) is 0 Å². The molecule has 0 unspecified atom stereocenters. The van der Waals surface area contributed by atoms with Gasteiger partial charge >= 0.3 is 0 Å². The summed E-state index contributed by atoms with van der Waals surface area (Å²) in [5, 5.41) is 5.76. The number of allylic oxidation sites excluding steroid dienone is 22. The molecule has 0 saturated heterocycles. The van der Waals surface area contributed by atoms with Gasteiger partial charge in [0.25, 0.3) is 0 Å². The number of nitrogens with one attached hydrogen (secondary N) is 2. The summed E-state index contributed by atoms with van der Waals surface area (Å²) >= 11 is 0. The lowest BCUT2D eigenvalue weighted by Crippen LogP contribution is -2.34. The summed E-state index contributed by atoms with van der Waals surface area (Å²) in [6, 6.07) is 0. The summed E-state index contributed by atoms with van der Waals surface area (Å²) in [7, 11) is 0. The van der Waals surface area contributed by atoms with E-state index < -0.39 is 0 Å². The van der Waals surface area contributed by atoms with Crippen LogP contribution >= 0.6 is 0 Å². The molecule has 2 amide bonds. The molecule has 0 rings (SSSR count). The molecule has 2 N–H and O–H groups in total. The van der Waals surface area contributed by atoms with Crippen molar-refractivity contribution in [3.05, 3.63) is 134 Å². The van der Waals surface area contributed by atoms with E-state index >= 15 is 0 Å². The van der Waals surface area contributed by atoms with Gasteiger partial charge in [0, 0.05) is 25.9 Å². The number of unbranched alkanes of at least 4 members (excludes halogenated alkanes) is 1. The minimum atomic E-state index is 0.0159. The predicted octanol–water partition coefficient (Wildman–Crippen LogP) is 11.6. The summed E-state index contributed by atoms with van der Waals surface area (Å²) in [6.45, 7) is 5.23. The second-order valence-corrected chi connectivity index (χ2v) is 11.3. The fraction of sp³-hybridized carbons (Fsp3) is 0.455. The van der Waals surface area contributed by atoms with Gasteiger partial charge in [0.1, 0.15) is 0 Å². The minimum absolute atomic E-state index is 0.0159. The van der Waals surface area contributed by atoms with Crippen molar-refractivity contribution in [1.29, 1.82) is 0 Å². The van der Waals surface area contributed by atoms with Crippen LogP contribution in [0.2, 0.25) is 0 Å². The van der Waals surface area contributed by atoms with Crippen LogP contribution in [0.1, 0.15) is 117 Å². The molecular weight excluding hydrogens is 588 g/mol. The van der Waals surface area contributed by atoms with Gasteiger partial charge in [-0.1, -0.05) is 148 Å². The SMILES string of the molecule is CCC=CCC=CCC=CCC=CCC=CCC=CCCC(=O)NCCNC(=O)CCCC=CCC=CCC=CCC=CCC=CCC. The Morgan fingerprint density at radius 1 is 0.354 bits per heavy atom. The normalized spacial score (nSPS) is 13.1. The molecule has 0 saturated carbocycles. The average Bonchev–Trinajstić information content (AvgIpc) is 3.09. The van der Waals surface area contributed by atoms with Crippen LogP contribution in [0.15, 0.2) is 134 Å². The first-order valence-electron chi connectivity index (χ1n) is 18.4. The first kappa shape index (κ1) is 44.1. The topological polar surface area (TPSA) is 58.2 Å². The summed E-state index contributed by atoms with van der Waals surface area (Å²) in [6.07, 6.45) is 62.3. The fourth-order valence-corrected chi connectivity index (χ4v) is 4.18. The van der Waals surface area contributed by atoms with Gasteiger partial charge in [0.2, 0.25) is 11.8 Å². The van der Waals surface area contributed by atoms with Crippen molar-refractivity contribution in [2.45, 2.75) is 117 Å². The lowest BCUT2D eigenvalue weighted by molar-refractivity contribution is -0.122. The van der Waals surface area contributed by atoms with Crippen LogP contribution in [0.3, 0.4) is 0 Å². The van der Waals surface area contributed by atoms with Gasteiger partial charge in [-0.25, -0.2) is 0 Å². The molecular formula is C44H66N2O2. The molecule has 0 aliphatic rings. The van der Waals surface area contributed by atoms with Crippen molar-refractivity contribution in [2.75, 3.05) is 13.1 Å². The molecule has 0 heterocycles. The second kappa shape index (κ2) is 39.3. The number of hydrogen-bond acceptors (Lipinski definition) is 2. The van der Waals surface area contributed by atoms with Crippen molar-refractivity contribution >= 4 is 11.8 Å². The quantitative estimate of drug-likeness (QED) is 0.0598. The average molecular weight is 655 g/mol. The van der Waals surface area contributed by atoms with Crippen LogP contribution in [0.4, 0.5) is 0 Å². The zero-order valence-corrected chi connectivity index (χ0v) is 30.2. The molecule has 0 aliphatic heterocycles. The van der Waals surface area contributed by atoms with Gasteiger partial charge in [0.15, 0.2) is 0 Å². The van der Waals surface area contributed by atoms with E-state index in [1.807, 2.05) is 0 Å². The molecule has 0 radical (unpaired) electrons. The number of carbonyl (C=O) groups excluding carboxylic acids is 2. The van der Waals surface area contributed by atoms with E-state index in [4.69, 9.17) is 0 Å². The lowest BCUT2D eigenvalue weighted by atomic mass is 10.2. The monoisotopic (exact) mass is 655 g/mol. The first-order chi connectivity index (χ1) is 23.7. The van der Waals surface area contributed by atoms with E-state index in [9.17, 15) is 9.59 Å². The lowest BCUT2D eigenvalue weighted by Gasteiger charge is -2.06. The summed E-state index contributed by atoms with van der Waals surface area (Å²) < 4.78 is 0. The Bertz CT molecular complexity index is 1090. The van der Waals surface area contributed by atoms with Crippen molar-refractivity contribution in [1.82, 2.24) is 10.6 Å². The molecule has 0 spiro atoms. The third-order valence-electron chi connectivity index (χ3n) is 6.84. The number of hydrogen-bond donors (Lipinski definition) is 2. The molecule has 4 heteroatoms. The van der Waals surface area contributed by atoms with E-state index in [1.54, 1.807) is 0 Å². The largest absolute Gasteiger partial charge is 0.354 e. The summed E-state index contributed by atoms with van der Waals surface area (Å²) in [5.74, 6) is 0.0525. The Labute approximate surface area is 294 Å². The molecule has 0 atom stereocenters. The van der Waals surface area contributed by atoms with E-state index in [-0.39, 0.29) is 11.8 Å². The second-order valence-electron chi connectivity index (χ2n) is 11.3. The molecule has 264 valence electrons. The molecule has 0 aromatic heterocycles. The van der Waals surface area contributed by atoms with Crippen molar-refractivity contribution in [3.63, 3.8) is 0 Å². The summed E-state index contributed by atoms with van der Waals surface area (Å²) in [4.78, 5) is 24.0. The highest BCUT2D eigenvalue weighted by atomic mass is 16.2. The number of carbonyl (C=O) groups is 2. The molecule has 48 heavy (non-hydrogen) atoms.